The average Bonchev–Trinajstić information content (AvgIpc) is 3.07. The monoisotopic (exact) mass is 459 g/mol. The number of amides is 2. The van der Waals surface area contributed by atoms with Crippen molar-refractivity contribution in [2.45, 2.75) is 39.7 Å². The molecule has 1 aliphatic rings. The molecule has 0 aromatic heterocycles. The molecular weight excluding hydrogens is 429 g/mol. The van der Waals surface area contributed by atoms with E-state index in [1.807, 2.05) is 29.2 Å². The van der Waals surface area contributed by atoms with Crippen LogP contribution in [-0.2, 0) is 6.54 Å². The lowest BCUT2D eigenvalue weighted by molar-refractivity contribution is 0.222. The Morgan fingerprint density at radius 1 is 1.32 bits per heavy atom. The molecule has 1 aromatic rings. The SMILES string of the molecule is CC(C)CCNC(N)=NCc1cccc(NC(=O)N2CCCC2)c1.I. The largest absolute Gasteiger partial charge is 0.370 e. The van der Waals surface area contributed by atoms with Gasteiger partial charge in [-0.05, 0) is 42.9 Å². The molecule has 2 amide bonds. The van der Waals surface area contributed by atoms with Gasteiger partial charge >= 0.3 is 6.03 Å². The Bertz CT molecular complexity index is 570. The summed E-state index contributed by atoms with van der Waals surface area (Å²) in [5.74, 6) is 1.10. The fraction of sp³-hybridized carbons (Fsp3) is 0.556. The number of hydrogen-bond donors (Lipinski definition) is 3. The Hall–Kier alpha value is -1.51. The van der Waals surface area contributed by atoms with Crippen molar-refractivity contribution in [1.29, 1.82) is 0 Å². The van der Waals surface area contributed by atoms with Crippen LogP contribution >= 0.6 is 24.0 Å². The Balaban J connectivity index is 0.00000312. The molecule has 0 bridgehead atoms. The van der Waals surface area contributed by atoms with E-state index in [1.54, 1.807) is 0 Å². The molecule has 1 aliphatic heterocycles. The zero-order valence-corrected chi connectivity index (χ0v) is 17.5. The molecule has 2 rings (SSSR count). The van der Waals surface area contributed by atoms with E-state index >= 15 is 0 Å². The van der Waals surface area contributed by atoms with Crippen LogP contribution in [0.15, 0.2) is 29.3 Å². The zero-order chi connectivity index (χ0) is 17.4. The minimum Gasteiger partial charge on any atom is -0.370 e. The van der Waals surface area contributed by atoms with Gasteiger partial charge in [0.2, 0.25) is 0 Å². The highest BCUT2D eigenvalue weighted by molar-refractivity contribution is 14.0. The van der Waals surface area contributed by atoms with Crippen molar-refractivity contribution < 1.29 is 4.79 Å². The Labute approximate surface area is 167 Å². The number of nitrogens with two attached hydrogens (primary N) is 1. The number of rotatable bonds is 6. The number of carbonyl (C=O) groups is 1. The van der Waals surface area contributed by atoms with Gasteiger partial charge in [0.25, 0.3) is 0 Å². The summed E-state index contributed by atoms with van der Waals surface area (Å²) in [4.78, 5) is 18.3. The van der Waals surface area contributed by atoms with E-state index in [2.05, 4.69) is 29.5 Å². The van der Waals surface area contributed by atoms with Crippen LogP contribution in [0.4, 0.5) is 10.5 Å². The van der Waals surface area contributed by atoms with Crippen LogP contribution in [0.2, 0.25) is 0 Å². The van der Waals surface area contributed by atoms with Crippen LogP contribution in [0.1, 0.15) is 38.7 Å². The molecule has 0 radical (unpaired) electrons. The Kier molecular flexibility index (Phi) is 9.62. The molecule has 0 atom stereocenters. The highest BCUT2D eigenvalue weighted by Crippen LogP contribution is 2.14. The summed E-state index contributed by atoms with van der Waals surface area (Å²) in [7, 11) is 0. The van der Waals surface area contributed by atoms with E-state index in [9.17, 15) is 4.79 Å². The van der Waals surface area contributed by atoms with Crippen LogP contribution in [0.5, 0.6) is 0 Å². The first-order valence-corrected chi connectivity index (χ1v) is 8.73. The predicted octanol–water partition coefficient (Wildman–Crippen LogP) is 3.38. The first kappa shape index (κ1) is 21.5. The quantitative estimate of drug-likeness (QED) is 0.347. The van der Waals surface area contributed by atoms with Gasteiger partial charge in [-0.1, -0.05) is 26.0 Å². The van der Waals surface area contributed by atoms with Gasteiger partial charge < -0.3 is 21.3 Å². The van der Waals surface area contributed by atoms with E-state index < -0.39 is 0 Å². The topological polar surface area (TPSA) is 82.7 Å². The van der Waals surface area contributed by atoms with Gasteiger partial charge in [-0.2, -0.15) is 0 Å². The average molecular weight is 459 g/mol. The normalized spacial score (nSPS) is 14.4. The maximum absolute atomic E-state index is 12.1. The maximum Gasteiger partial charge on any atom is 0.321 e. The first-order valence-electron chi connectivity index (χ1n) is 8.73. The summed E-state index contributed by atoms with van der Waals surface area (Å²) >= 11 is 0. The molecule has 0 spiro atoms. The number of carbonyl (C=O) groups excluding carboxylic acids is 1. The molecule has 1 heterocycles. The number of nitrogens with zero attached hydrogens (tertiary/aromatic N) is 2. The smallest absolute Gasteiger partial charge is 0.321 e. The Morgan fingerprint density at radius 2 is 2.04 bits per heavy atom. The minimum absolute atomic E-state index is 0. The number of anilines is 1. The van der Waals surface area contributed by atoms with Gasteiger partial charge in [0.05, 0.1) is 6.54 Å². The molecule has 0 aliphatic carbocycles. The molecule has 6 nitrogen and oxygen atoms in total. The summed E-state index contributed by atoms with van der Waals surface area (Å²) in [6.07, 6.45) is 3.24. The second-order valence-electron chi connectivity index (χ2n) is 6.64. The van der Waals surface area contributed by atoms with Gasteiger partial charge in [0.1, 0.15) is 0 Å². The van der Waals surface area contributed by atoms with Crippen molar-refractivity contribution in [2.75, 3.05) is 25.0 Å². The number of likely N-dealkylation sites (tertiary alicyclic amines) is 1. The second kappa shape index (κ2) is 11.2. The zero-order valence-electron chi connectivity index (χ0n) is 15.1. The molecular formula is C18H30IN5O. The lowest BCUT2D eigenvalue weighted by Crippen LogP contribution is -2.33. The molecule has 1 aromatic carbocycles. The highest BCUT2D eigenvalue weighted by atomic mass is 127. The second-order valence-corrected chi connectivity index (χ2v) is 6.64. The van der Waals surface area contributed by atoms with Crippen LogP contribution in [0, 0.1) is 5.92 Å². The molecule has 25 heavy (non-hydrogen) atoms. The lowest BCUT2D eigenvalue weighted by atomic mass is 10.1. The van der Waals surface area contributed by atoms with Crippen LogP contribution in [-0.4, -0.2) is 36.5 Å². The lowest BCUT2D eigenvalue weighted by Gasteiger charge is -2.16. The molecule has 0 unspecified atom stereocenters. The number of aliphatic imine (C=N–C) groups is 1. The number of hydrogen-bond acceptors (Lipinski definition) is 2. The van der Waals surface area contributed by atoms with Gasteiger partial charge in [0.15, 0.2) is 5.96 Å². The fourth-order valence-corrected chi connectivity index (χ4v) is 2.59. The molecule has 1 saturated heterocycles. The maximum atomic E-state index is 12.1. The predicted molar refractivity (Wildman–Crippen MR) is 114 cm³/mol. The van der Waals surface area contributed by atoms with Crippen LogP contribution in [0.25, 0.3) is 0 Å². The van der Waals surface area contributed by atoms with E-state index in [1.165, 1.54) is 0 Å². The standard InChI is InChI=1S/C18H29N5O.HI/c1-14(2)8-9-20-17(19)21-13-15-6-5-7-16(12-15)22-18(24)23-10-3-4-11-23;/h5-7,12,14H,3-4,8-11,13H2,1-2H3,(H,22,24)(H3,19,20,21);1H. The van der Waals surface area contributed by atoms with E-state index in [4.69, 9.17) is 5.73 Å². The number of halogens is 1. The number of guanidine groups is 1. The molecule has 1 fully saturated rings. The van der Waals surface area contributed by atoms with Crippen molar-refractivity contribution in [1.82, 2.24) is 10.2 Å². The van der Waals surface area contributed by atoms with Crippen molar-refractivity contribution in [2.24, 2.45) is 16.6 Å². The number of nitrogens with one attached hydrogen (secondary N) is 2. The summed E-state index contributed by atoms with van der Waals surface area (Å²) in [5, 5.41) is 6.07. The van der Waals surface area contributed by atoms with Gasteiger partial charge in [-0.15, -0.1) is 24.0 Å². The van der Waals surface area contributed by atoms with Crippen molar-refractivity contribution in [3.8, 4) is 0 Å². The van der Waals surface area contributed by atoms with Crippen molar-refractivity contribution in [3.05, 3.63) is 29.8 Å². The summed E-state index contributed by atoms with van der Waals surface area (Å²) in [5.41, 5.74) is 7.69. The molecule has 4 N–H and O–H groups in total. The number of urea groups is 1. The van der Waals surface area contributed by atoms with E-state index in [0.29, 0.717) is 18.4 Å². The summed E-state index contributed by atoms with van der Waals surface area (Å²) < 4.78 is 0. The third kappa shape index (κ3) is 7.94. The fourth-order valence-electron chi connectivity index (χ4n) is 2.59. The van der Waals surface area contributed by atoms with Crippen molar-refractivity contribution >= 4 is 41.7 Å². The molecule has 0 saturated carbocycles. The summed E-state index contributed by atoms with van der Waals surface area (Å²) in [6, 6.07) is 7.72. The van der Waals surface area contributed by atoms with Crippen LogP contribution < -0.4 is 16.4 Å². The number of benzene rings is 1. The highest BCUT2D eigenvalue weighted by Gasteiger charge is 2.17. The Morgan fingerprint density at radius 3 is 2.72 bits per heavy atom. The van der Waals surface area contributed by atoms with E-state index in [-0.39, 0.29) is 30.0 Å². The molecule has 7 heteroatoms. The van der Waals surface area contributed by atoms with E-state index in [0.717, 1.165) is 50.1 Å². The van der Waals surface area contributed by atoms with Crippen molar-refractivity contribution in [3.63, 3.8) is 0 Å². The summed E-state index contributed by atoms with van der Waals surface area (Å²) in [6.45, 7) is 7.36. The van der Waals surface area contributed by atoms with Gasteiger partial charge in [-0.25, -0.2) is 9.79 Å². The third-order valence-corrected chi connectivity index (χ3v) is 4.03. The van der Waals surface area contributed by atoms with Gasteiger partial charge in [0, 0.05) is 25.3 Å². The van der Waals surface area contributed by atoms with Gasteiger partial charge in [-0.3, -0.25) is 0 Å². The van der Waals surface area contributed by atoms with Crippen LogP contribution in [0.3, 0.4) is 0 Å². The minimum atomic E-state index is -0.0250. The third-order valence-electron chi connectivity index (χ3n) is 4.03. The molecule has 140 valence electrons. The first-order chi connectivity index (χ1) is 11.5.